The summed E-state index contributed by atoms with van der Waals surface area (Å²) in [6.07, 6.45) is 2.79. The summed E-state index contributed by atoms with van der Waals surface area (Å²) in [6.45, 7) is 9.54. The number of carbonyl (C=O) groups is 2. The zero-order chi connectivity index (χ0) is 17.3. The smallest absolute Gasteiger partial charge is 0.400 e. The van der Waals surface area contributed by atoms with Crippen molar-refractivity contribution in [3.63, 3.8) is 0 Å². The lowest BCUT2D eigenvalue weighted by atomic mass is 9.79. The molecule has 0 atom stereocenters. The van der Waals surface area contributed by atoms with Gasteiger partial charge in [-0.2, -0.15) is 0 Å². The Labute approximate surface area is 145 Å². The van der Waals surface area contributed by atoms with Crippen LogP contribution in [0, 0.1) is 0 Å². The Morgan fingerprint density at radius 3 is 2.26 bits per heavy atom. The maximum absolute atomic E-state index is 11.3. The molecule has 2 rings (SSSR count). The van der Waals surface area contributed by atoms with E-state index in [4.69, 9.17) is 9.31 Å². The lowest BCUT2D eigenvalue weighted by Crippen LogP contribution is -2.41. The number of hydrogen-bond acceptors (Lipinski definition) is 6. The van der Waals surface area contributed by atoms with Gasteiger partial charge in [0, 0.05) is 17.6 Å². The average Bonchev–Trinajstić information content (AvgIpc) is 2.97. The van der Waals surface area contributed by atoms with Gasteiger partial charge in [-0.15, -0.1) is 11.3 Å². The van der Waals surface area contributed by atoms with Crippen LogP contribution in [0.25, 0.3) is 6.08 Å². The molecular formula is C16H21BO4S2. The van der Waals surface area contributed by atoms with E-state index in [-0.39, 0.29) is 5.12 Å². The molecule has 124 valence electrons. The largest absolute Gasteiger partial charge is 0.491 e. The molecule has 1 aromatic heterocycles. The topological polar surface area (TPSA) is 52.6 Å². The molecule has 1 aliphatic rings. The molecule has 7 heteroatoms. The van der Waals surface area contributed by atoms with Crippen LogP contribution in [-0.2, 0) is 14.1 Å². The van der Waals surface area contributed by atoms with Crippen LogP contribution in [0.1, 0.15) is 49.2 Å². The number of carbonyl (C=O) groups excluding carboxylic acids is 2. The van der Waals surface area contributed by atoms with Crippen LogP contribution in [0.5, 0.6) is 0 Å². The summed E-state index contributed by atoms with van der Waals surface area (Å²) in [5.74, 6) is 0.500. The summed E-state index contributed by atoms with van der Waals surface area (Å²) in [6, 6.07) is 3.67. The number of hydrogen-bond donors (Lipinski definition) is 0. The highest BCUT2D eigenvalue weighted by atomic mass is 32.2. The summed E-state index contributed by atoms with van der Waals surface area (Å²) < 4.78 is 12.2. The van der Waals surface area contributed by atoms with Gasteiger partial charge in [-0.05, 0) is 51.4 Å². The Hall–Kier alpha value is -0.885. The van der Waals surface area contributed by atoms with Gasteiger partial charge in [0.25, 0.3) is 0 Å². The van der Waals surface area contributed by atoms with E-state index in [1.165, 1.54) is 23.1 Å². The van der Waals surface area contributed by atoms with Gasteiger partial charge >= 0.3 is 7.12 Å². The third-order valence-corrected chi connectivity index (χ3v) is 5.93. The molecule has 0 spiro atoms. The van der Waals surface area contributed by atoms with Gasteiger partial charge in [0.2, 0.25) is 0 Å². The summed E-state index contributed by atoms with van der Waals surface area (Å²) in [7, 11) is -0.492. The molecule has 0 aliphatic carbocycles. The molecule has 0 N–H and O–H groups in total. The molecule has 0 unspecified atom stereocenters. The van der Waals surface area contributed by atoms with Gasteiger partial charge in [-0.3, -0.25) is 9.59 Å². The van der Waals surface area contributed by atoms with Crippen LogP contribution >= 0.6 is 23.1 Å². The maximum atomic E-state index is 11.3. The molecule has 1 saturated heterocycles. The van der Waals surface area contributed by atoms with E-state index in [0.29, 0.717) is 10.6 Å². The number of rotatable bonds is 5. The molecule has 0 radical (unpaired) electrons. The minimum absolute atomic E-state index is 0.0483. The van der Waals surface area contributed by atoms with Crippen LogP contribution in [0.3, 0.4) is 0 Å². The third kappa shape index (κ3) is 4.35. The molecule has 1 aliphatic heterocycles. The van der Waals surface area contributed by atoms with Crippen molar-refractivity contribution in [1.82, 2.24) is 0 Å². The predicted molar refractivity (Wildman–Crippen MR) is 96.9 cm³/mol. The molecule has 1 aromatic rings. The molecule has 1 fully saturated rings. The van der Waals surface area contributed by atoms with Gasteiger partial charge in [0.05, 0.1) is 16.1 Å². The number of aldehydes is 1. The first-order chi connectivity index (χ1) is 10.6. The van der Waals surface area contributed by atoms with E-state index in [9.17, 15) is 9.59 Å². The molecule has 0 aromatic carbocycles. The third-order valence-electron chi connectivity index (χ3n) is 4.09. The lowest BCUT2D eigenvalue weighted by Gasteiger charge is -2.32. The van der Waals surface area contributed by atoms with Gasteiger partial charge in [0.15, 0.2) is 11.4 Å². The second-order valence-electron chi connectivity index (χ2n) is 6.45. The minimum atomic E-state index is -0.492. The minimum Gasteiger partial charge on any atom is -0.400 e. The van der Waals surface area contributed by atoms with E-state index in [0.717, 1.165) is 16.6 Å². The van der Waals surface area contributed by atoms with Crippen molar-refractivity contribution in [2.75, 3.05) is 5.75 Å². The van der Waals surface area contributed by atoms with Crippen molar-refractivity contribution in [3.8, 4) is 0 Å². The zero-order valence-corrected chi connectivity index (χ0v) is 15.7. The Bertz CT molecular complexity index is 618. The van der Waals surface area contributed by atoms with Gasteiger partial charge in [-0.25, -0.2) is 0 Å². The monoisotopic (exact) mass is 352 g/mol. The summed E-state index contributed by atoms with van der Waals surface area (Å²) in [5, 5.41) is 0.0483. The summed E-state index contributed by atoms with van der Waals surface area (Å²) >= 11 is 2.63. The van der Waals surface area contributed by atoms with E-state index >= 15 is 0 Å². The van der Waals surface area contributed by atoms with Crippen LogP contribution in [-0.4, -0.2) is 35.5 Å². The summed E-state index contributed by atoms with van der Waals surface area (Å²) in [4.78, 5) is 23.8. The van der Waals surface area contributed by atoms with Crippen molar-refractivity contribution < 1.29 is 18.9 Å². The Kier molecular flexibility index (Phi) is 5.56. The zero-order valence-electron chi connectivity index (χ0n) is 14.0. The Morgan fingerprint density at radius 1 is 1.22 bits per heavy atom. The van der Waals surface area contributed by atoms with Gasteiger partial charge in [-0.1, -0.05) is 11.8 Å². The van der Waals surface area contributed by atoms with Crippen LogP contribution in [0.4, 0.5) is 0 Å². The molecule has 2 heterocycles. The van der Waals surface area contributed by atoms with Crippen molar-refractivity contribution in [2.45, 2.75) is 45.8 Å². The van der Waals surface area contributed by atoms with E-state index < -0.39 is 18.3 Å². The lowest BCUT2D eigenvalue weighted by molar-refractivity contribution is -0.109. The van der Waals surface area contributed by atoms with E-state index in [1.54, 1.807) is 13.0 Å². The van der Waals surface area contributed by atoms with E-state index in [2.05, 4.69) is 0 Å². The Morgan fingerprint density at radius 2 is 1.78 bits per heavy atom. The standard InChI is InChI=1S/C16H21BO4S2/c1-11(19)22-10-12(8-13-6-7-14(9-18)23-13)17-20-15(2,3)16(4,5)21-17/h6-9H,10H2,1-5H3. The summed E-state index contributed by atoms with van der Waals surface area (Å²) in [5.41, 5.74) is 0.0328. The van der Waals surface area contributed by atoms with Gasteiger partial charge in [0.1, 0.15) is 0 Å². The van der Waals surface area contributed by atoms with Crippen molar-refractivity contribution in [1.29, 1.82) is 0 Å². The molecule has 0 amide bonds. The first-order valence-electron chi connectivity index (χ1n) is 7.39. The molecule has 4 nitrogen and oxygen atoms in total. The second-order valence-corrected chi connectivity index (χ2v) is 8.74. The molecule has 0 saturated carbocycles. The number of thioether (sulfide) groups is 1. The van der Waals surface area contributed by atoms with Crippen LogP contribution in [0.15, 0.2) is 17.6 Å². The quantitative estimate of drug-likeness (QED) is 0.595. The fraction of sp³-hybridized carbons (Fsp3) is 0.500. The maximum Gasteiger partial charge on any atom is 0.491 e. The molecular weight excluding hydrogens is 331 g/mol. The molecule has 0 bridgehead atoms. The Balaban J connectivity index is 2.27. The van der Waals surface area contributed by atoms with E-state index in [1.807, 2.05) is 39.8 Å². The highest BCUT2D eigenvalue weighted by Crippen LogP contribution is 2.39. The fourth-order valence-electron chi connectivity index (χ4n) is 2.05. The van der Waals surface area contributed by atoms with Crippen LogP contribution < -0.4 is 0 Å². The SMILES string of the molecule is CC(=O)SCC(=Cc1ccc(C=O)s1)B1OC(C)(C)C(C)(C)O1. The normalized spacial score (nSPS) is 19.9. The highest BCUT2D eigenvalue weighted by Gasteiger charge is 2.52. The van der Waals surface area contributed by atoms with Crippen molar-refractivity contribution in [3.05, 3.63) is 27.4 Å². The first kappa shape index (κ1) is 18.5. The average molecular weight is 352 g/mol. The highest BCUT2D eigenvalue weighted by molar-refractivity contribution is 8.13. The predicted octanol–water partition coefficient (Wildman–Crippen LogP) is 3.86. The second kappa shape index (κ2) is 6.93. The number of thiophene rings is 1. The first-order valence-corrected chi connectivity index (χ1v) is 9.19. The molecule has 23 heavy (non-hydrogen) atoms. The van der Waals surface area contributed by atoms with Crippen LogP contribution in [0.2, 0.25) is 0 Å². The van der Waals surface area contributed by atoms with Crippen molar-refractivity contribution in [2.24, 2.45) is 0 Å². The van der Waals surface area contributed by atoms with Gasteiger partial charge < -0.3 is 9.31 Å². The van der Waals surface area contributed by atoms with Crippen molar-refractivity contribution >= 4 is 47.7 Å². The fourth-order valence-corrected chi connectivity index (χ4v) is 3.44.